The zero-order valence-corrected chi connectivity index (χ0v) is 8.71. The molecule has 0 saturated heterocycles. The van der Waals surface area contributed by atoms with Crippen molar-refractivity contribution in [2.45, 2.75) is 30.5 Å². The van der Waals surface area contributed by atoms with Crippen molar-refractivity contribution >= 4 is 11.8 Å². The van der Waals surface area contributed by atoms with Crippen molar-refractivity contribution in [3.05, 3.63) is 18.1 Å². The number of thioether (sulfide) groups is 1. The van der Waals surface area contributed by atoms with E-state index in [1.54, 1.807) is 18.1 Å². The lowest BCUT2D eigenvalue weighted by Gasteiger charge is -2.06. The molecule has 3 nitrogen and oxygen atoms in total. The Balaban J connectivity index is 2.66. The van der Waals surface area contributed by atoms with Gasteiger partial charge in [0.25, 0.3) is 0 Å². The van der Waals surface area contributed by atoms with Gasteiger partial charge < -0.3 is 5.11 Å². The quantitative estimate of drug-likeness (QED) is 0.588. The number of aliphatic hydroxyl groups is 1. The molecule has 0 bridgehead atoms. The number of hydrogen-bond donors (Lipinski definition) is 1. The van der Waals surface area contributed by atoms with Gasteiger partial charge in [0.15, 0.2) is 0 Å². The van der Waals surface area contributed by atoms with Crippen LogP contribution in [0, 0.1) is 0 Å². The van der Waals surface area contributed by atoms with Gasteiger partial charge in [-0.2, -0.15) is 0 Å². The van der Waals surface area contributed by atoms with Crippen LogP contribution in [0.15, 0.2) is 17.4 Å². The van der Waals surface area contributed by atoms with Crippen LogP contribution in [0.3, 0.4) is 0 Å². The highest BCUT2D eigenvalue weighted by molar-refractivity contribution is 7.99. The van der Waals surface area contributed by atoms with Crippen LogP contribution in [0.25, 0.3) is 0 Å². The summed E-state index contributed by atoms with van der Waals surface area (Å²) in [7, 11) is 0. The highest BCUT2D eigenvalue weighted by Gasteiger charge is 2.04. The van der Waals surface area contributed by atoms with Gasteiger partial charge in [0.1, 0.15) is 6.33 Å². The number of aryl methyl sites for hydroxylation is 1. The van der Waals surface area contributed by atoms with Crippen molar-refractivity contribution in [2.75, 3.05) is 6.61 Å². The Bertz CT molecular complexity index is 268. The molecule has 0 aromatic carbocycles. The summed E-state index contributed by atoms with van der Waals surface area (Å²) < 4.78 is 0. The van der Waals surface area contributed by atoms with Crippen molar-refractivity contribution in [3.63, 3.8) is 0 Å². The Labute approximate surface area is 82.6 Å². The van der Waals surface area contributed by atoms with Crippen LogP contribution in [0.5, 0.6) is 0 Å². The van der Waals surface area contributed by atoms with Gasteiger partial charge in [0.2, 0.25) is 0 Å². The first-order valence-electron chi connectivity index (χ1n) is 4.34. The first-order valence-corrected chi connectivity index (χ1v) is 5.22. The Kier molecular flexibility index (Phi) is 4.18. The Morgan fingerprint density at radius 3 is 2.92 bits per heavy atom. The molecule has 1 N–H and O–H groups in total. The van der Waals surface area contributed by atoms with Gasteiger partial charge in [-0.3, -0.25) is 0 Å². The normalized spacial score (nSPS) is 12.8. The fourth-order valence-corrected chi connectivity index (χ4v) is 1.68. The molecule has 0 fully saturated rings. The van der Waals surface area contributed by atoms with E-state index in [2.05, 4.69) is 16.9 Å². The van der Waals surface area contributed by atoms with Crippen molar-refractivity contribution in [1.29, 1.82) is 0 Å². The van der Waals surface area contributed by atoms with Crippen LogP contribution in [-0.4, -0.2) is 26.9 Å². The summed E-state index contributed by atoms with van der Waals surface area (Å²) >= 11 is 1.57. The van der Waals surface area contributed by atoms with E-state index in [1.165, 1.54) is 0 Å². The predicted molar refractivity (Wildman–Crippen MR) is 53.8 cm³/mol. The molecule has 0 radical (unpaired) electrons. The summed E-state index contributed by atoms with van der Waals surface area (Å²) in [5.74, 6) is 0. The summed E-state index contributed by atoms with van der Waals surface area (Å²) in [6.07, 6.45) is 2.49. The summed E-state index contributed by atoms with van der Waals surface area (Å²) in [4.78, 5) is 8.22. The molecular weight excluding hydrogens is 184 g/mol. The molecule has 4 heteroatoms. The second-order valence-corrected chi connectivity index (χ2v) is 4.27. The first-order chi connectivity index (χ1) is 6.26. The zero-order chi connectivity index (χ0) is 9.68. The van der Waals surface area contributed by atoms with Crippen molar-refractivity contribution in [2.24, 2.45) is 0 Å². The lowest BCUT2D eigenvalue weighted by molar-refractivity contribution is 0.300. The maximum absolute atomic E-state index is 8.86. The first kappa shape index (κ1) is 10.5. The monoisotopic (exact) mass is 198 g/mol. The number of rotatable bonds is 4. The summed E-state index contributed by atoms with van der Waals surface area (Å²) in [5.41, 5.74) is 1.04. The average molecular weight is 198 g/mol. The number of nitrogens with zero attached hydrogens (tertiary/aromatic N) is 2. The predicted octanol–water partition coefficient (Wildman–Crippen LogP) is 1.51. The van der Waals surface area contributed by atoms with Crippen LogP contribution in [0.2, 0.25) is 0 Å². The van der Waals surface area contributed by atoms with E-state index in [0.717, 1.165) is 17.1 Å². The molecule has 1 rings (SSSR count). The molecule has 0 amide bonds. The van der Waals surface area contributed by atoms with Gasteiger partial charge in [0, 0.05) is 10.9 Å². The van der Waals surface area contributed by atoms with Gasteiger partial charge in [-0.1, -0.05) is 13.8 Å². The third-order valence-corrected chi connectivity index (χ3v) is 2.66. The molecular formula is C9H14N2OS. The summed E-state index contributed by atoms with van der Waals surface area (Å²) in [6.45, 7) is 4.21. The van der Waals surface area contributed by atoms with E-state index in [1.807, 2.05) is 13.0 Å². The van der Waals surface area contributed by atoms with Crippen molar-refractivity contribution in [1.82, 2.24) is 9.97 Å². The van der Waals surface area contributed by atoms with Crippen LogP contribution in [0.4, 0.5) is 0 Å². The third-order valence-electron chi connectivity index (χ3n) is 1.64. The van der Waals surface area contributed by atoms with Crippen molar-refractivity contribution < 1.29 is 5.11 Å². The molecule has 72 valence electrons. The van der Waals surface area contributed by atoms with Crippen LogP contribution >= 0.6 is 11.8 Å². The maximum atomic E-state index is 8.86. The standard InChI is InChI=1S/C9H14N2OS/c1-3-8-4-9(11-6-10-8)13-7(2)5-12/h4,6-7,12H,3,5H2,1-2H3. The van der Waals surface area contributed by atoms with Crippen LogP contribution < -0.4 is 0 Å². The maximum Gasteiger partial charge on any atom is 0.116 e. The molecule has 1 atom stereocenters. The van der Waals surface area contributed by atoms with E-state index >= 15 is 0 Å². The number of hydrogen-bond acceptors (Lipinski definition) is 4. The average Bonchev–Trinajstić information content (AvgIpc) is 2.18. The molecule has 0 aliphatic rings. The van der Waals surface area contributed by atoms with Gasteiger partial charge in [0.05, 0.1) is 11.6 Å². The van der Waals surface area contributed by atoms with E-state index in [4.69, 9.17) is 5.11 Å². The topological polar surface area (TPSA) is 46.0 Å². The Morgan fingerprint density at radius 1 is 1.54 bits per heavy atom. The van der Waals surface area contributed by atoms with E-state index in [-0.39, 0.29) is 11.9 Å². The largest absolute Gasteiger partial charge is 0.395 e. The van der Waals surface area contributed by atoms with Crippen LogP contribution in [0.1, 0.15) is 19.5 Å². The highest BCUT2D eigenvalue weighted by Crippen LogP contribution is 2.20. The fourth-order valence-electron chi connectivity index (χ4n) is 0.878. The smallest absolute Gasteiger partial charge is 0.116 e. The lowest BCUT2D eigenvalue weighted by Crippen LogP contribution is -2.02. The molecule has 1 unspecified atom stereocenters. The third kappa shape index (κ3) is 3.32. The Hall–Kier alpha value is -0.610. The molecule has 0 saturated carbocycles. The van der Waals surface area contributed by atoms with Gasteiger partial charge in [-0.05, 0) is 12.5 Å². The minimum Gasteiger partial charge on any atom is -0.395 e. The van der Waals surface area contributed by atoms with E-state index < -0.39 is 0 Å². The SMILES string of the molecule is CCc1cc(SC(C)CO)ncn1. The zero-order valence-electron chi connectivity index (χ0n) is 7.90. The van der Waals surface area contributed by atoms with Crippen LogP contribution in [-0.2, 0) is 6.42 Å². The van der Waals surface area contributed by atoms with E-state index in [0.29, 0.717) is 0 Å². The summed E-state index contributed by atoms with van der Waals surface area (Å²) in [6, 6.07) is 1.97. The molecule has 1 heterocycles. The number of aromatic nitrogens is 2. The molecule has 1 aromatic heterocycles. The lowest BCUT2D eigenvalue weighted by atomic mass is 10.3. The summed E-state index contributed by atoms with van der Waals surface area (Å²) in [5, 5.41) is 9.99. The second kappa shape index (κ2) is 5.19. The number of aliphatic hydroxyl groups excluding tert-OH is 1. The van der Waals surface area contributed by atoms with Gasteiger partial charge in [-0.15, -0.1) is 11.8 Å². The van der Waals surface area contributed by atoms with Gasteiger partial charge in [-0.25, -0.2) is 9.97 Å². The molecule has 1 aromatic rings. The minimum absolute atomic E-state index is 0.177. The second-order valence-electron chi connectivity index (χ2n) is 2.81. The molecule has 13 heavy (non-hydrogen) atoms. The molecule has 0 aliphatic heterocycles. The van der Waals surface area contributed by atoms with E-state index in [9.17, 15) is 0 Å². The fraction of sp³-hybridized carbons (Fsp3) is 0.556. The highest BCUT2D eigenvalue weighted by atomic mass is 32.2. The van der Waals surface area contributed by atoms with Gasteiger partial charge >= 0.3 is 0 Å². The molecule has 0 spiro atoms. The molecule has 0 aliphatic carbocycles. The minimum atomic E-state index is 0.177. The van der Waals surface area contributed by atoms with Crippen molar-refractivity contribution in [3.8, 4) is 0 Å². The Morgan fingerprint density at radius 2 is 2.31 bits per heavy atom.